The molecule has 0 N–H and O–H groups in total. The zero-order valence-corrected chi connectivity index (χ0v) is 9.81. The minimum absolute atomic E-state index is 0.0644. The molecule has 1 rings (SSSR count). The van der Waals surface area contributed by atoms with Gasteiger partial charge in [-0.25, -0.2) is 0 Å². The molecule has 0 aliphatic heterocycles. The quantitative estimate of drug-likeness (QED) is 0.698. The van der Waals surface area contributed by atoms with Crippen molar-refractivity contribution in [1.82, 2.24) is 0 Å². The van der Waals surface area contributed by atoms with E-state index in [1.54, 1.807) is 23.6 Å². The van der Waals surface area contributed by atoms with Gasteiger partial charge < -0.3 is 4.90 Å². The molecule has 0 atom stereocenters. The Morgan fingerprint density at radius 2 is 2.07 bits per heavy atom. The summed E-state index contributed by atoms with van der Waals surface area (Å²) in [6, 6.07) is 6.07. The lowest BCUT2D eigenvalue weighted by Gasteiger charge is -2.20. The summed E-state index contributed by atoms with van der Waals surface area (Å²) in [7, 11) is 1.81. The maximum atomic E-state index is 11.3. The van der Waals surface area contributed by atoms with E-state index >= 15 is 0 Å². The summed E-state index contributed by atoms with van der Waals surface area (Å²) >= 11 is 1.66. The van der Waals surface area contributed by atoms with Gasteiger partial charge in [-0.15, -0.1) is 11.8 Å². The highest BCUT2D eigenvalue weighted by Crippen LogP contribution is 2.31. The number of hydrogen-bond donors (Lipinski definition) is 0. The molecule has 0 aromatic heterocycles. The monoisotopic (exact) mass is 209 g/mol. The number of hydrogen-bond acceptors (Lipinski definition) is 2. The van der Waals surface area contributed by atoms with Gasteiger partial charge in [-0.3, -0.25) is 4.79 Å². The van der Waals surface area contributed by atoms with Crippen LogP contribution < -0.4 is 4.90 Å². The van der Waals surface area contributed by atoms with E-state index in [0.717, 1.165) is 16.1 Å². The topological polar surface area (TPSA) is 20.3 Å². The summed E-state index contributed by atoms with van der Waals surface area (Å²) in [6.07, 6.45) is 2.02. The maximum Gasteiger partial charge on any atom is 0.223 e. The summed E-state index contributed by atoms with van der Waals surface area (Å²) in [4.78, 5) is 14.1. The van der Waals surface area contributed by atoms with Gasteiger partial charge in [0.1, 0.15) is 0 Å². The van der Waals surface area contributed by atoms with Gasteiger partial charge in [0, 0.05) is 18.9 Å². The lowest BCUT2D eigenvalue weighted by atomic mass is 10.2. The number of thioether (sulfide) groups is 1. The van der Waals surface area contributed by atoms with E-state index in [9.17, 15) is 4.79 Å². The number of benzene rings is 1. The second-order valence-corrected chi connectivity index (χ2v) is 4.05. The van der Waals surface area contributed by atoms with Crippen molar-refractivity contribution in [3.63, 3.8) is 0 Å². The molecule has 0 aliphatic rings. The van der Waals surface area contributed by atoms with Crippen LogP contribution in [0.2, 0.25) is 0 Å². The van der Waals surface area contributed by atoms with Crippen LogP contribution in [0.1, 0.15) is 12.5 Å². The van der Waals surface area contributed by atoms with Gasteiger partial charge in [-0.05, 0) is 24.8 Å². The standard InChI is InChI=1S/C11H15NOS/c1-8-6-5-7-10(14-4)11(8)12(3)9(2)13/h5-7H,1-4H3. The zero-order chi connectivity index (χ0) is 10.7. The average molecular weight is 209 g/mol. The highest BCUT2D eigenvalue weighted by Gasteiger charge is 2.12. The van der Waals surface area contributed by atoms with Crippen LogP contribution in [0.5, 0.6) is 0 Å². The van der Waals surface area contributed by atoms with Gasteiger partial charge in [0.25, 0.3) is 0 Å². The smallest absolute Gasteiger partial charge is 0.223 e. The summed E-state index contributed by atoms with van der Waals surface area (Å²) in [5.41, 5.74) is 2.15. The van der Waals surface area contributed by atoms with Crippen molar-refractivity contribution in [2.75, 3.05) is 18.2 Å². The molecule has 3 heteroatoms. The van der Waals surface area contributed by atoms with Crippen molar-refractivity contribution < 1.29 is 4.79 Å². The molecule has 0 saturated carbocycles. The van der Waals surface area contributed by atoms with Crippen LogP contribution in [0, 0.1) is 6.92 Å². The van der Waals surface area contributed by atoms with E-state index in [0.29, 0.717) is 0 Å². The summed E-state index contributed by atoms with van der Waals surface area (Å²) in [5.74, 6) is 0.0644. The second-order valence-electron chi connectivity index (χ2n) is 3.20. The fraction of sp³-hybridized carbons (Fsp3) is 0.364. The van der Waals surface area contributed by atoms with E-state index in [-0.39, 0.29) is 5.91 Å². The Bertz CT molecular complexity index is 349. The first-order valence-electron chi connectivity index (χ1n) is 4.45. The molecule has 14 heavy (non-hydrogen) atoms. The molecule has 0 aliphatic carbocycles. The lowest BCUT2D eigenvalue weighted by molar-refractivity contribution is -0.116. The Hall–Kier alpha value is -0.960. The molecule has 0 radical (unpaired) electrons. The van der Waals surface area contributed by atoms with Crippen molar-refractivity contribution in [3.05, 3.63) is 23.8 Å². The SMILES string of the molecule is CSc1cccc(C)c1N(C)C(C)=O. The summed E-state index contributed by atoms with van der Waals surface area (Å²) in [5, 5.41) is 0. The van der Waals surface area contributed by atoms with Crippen LogP contribution in [0.4, 0.5) is 5.69 Å². The van der Waals surface area contributed by atoms with E-state index in [1.807, 2.05) is 38.4 Å². The number of para-hydroxylation sites is 1. The fourth-order valence-electron chi connectivity index (χ4n) is 1.38. The van der Waals surface area contributed by atoms with Crippen molar-refractivity contribution in [2.24, 2.45) is 0 Å². The van der Waals surface area contributed by atoms with Crippen LogP contribution >= 0.6 is 11.8 Å². The fourth-order valence-corrected chi connectivity index (χ4v) is 2.09. The first-order chi connectivity index (χ1) is 6.57. The highest BCUT2D eigenvalue weighted by atomic mass is 32.2. The number of nitrogens with zero attached hydrogens (tertiary/aromatic N) is 1. The van der Waals surface area contributed by atoms with Gasteiger partial charge in [-0.1, -0.05) is 12.1 Å². The van der Waals surface area contributed by atoms with Crippen LogP contribution in [-0.2, 0) is 4.79 Å². The highest BCUT2D eigenvalue weighted by molar-refractivity contribution is 7.98. The normalized spacial score (nSPS) is 10.0. The number of amides is 1. The minimum Gasteiger partial charge on any atom is -0.314 e. The predicted octanol–water partition coefficient (Wildman–Crippen LogP) is 2.70. The lowest BCUT2D eigenvalue weighted by Crippen LogP contribution is -2.24. The van der Waals surface area contributed by atoms with Gasteiger partial charge in [0.15, 0.2) is 0 Å². The molecular formula is C11H15NOS. The Morgan fingerprint density at radius 1 is 1.43 bits per heavy atom. The summed E-state index contributed by atoms with van der Waals surface area (Å²) in [6.45, 7) is 3.60. The Balaban J connectivity index is 3.23. The van der Waals surface area contributed by atoms with Crippen LogP contribution in [-0.4, -0.2) is 19.2 Å². The van der Waals surface area contributed by atoms with Crippen molar-refractivity contribution in [2.45, 2.75) is 18.7 Å². The molecule has 0 heterocycles. The van der Waals surface area contributed by atoms with E-state index in [2.05, 4.69) is 0 Å². The number of rotatable bonds is 2. The predicted molar refractivity (Wildman–Crippen MR) is 62.0 cm³/mol. The molecule has 0 saturated heterocycles. The van der Waals surface area contributed by atoms with Gasteiger partial charge in [-0.2, -0.15) is 0 Å². The van der Waals surface area contributed by atoms with Crippen molar-refractivity contribution >= 4 is 23.4 Å². The van der Waals surface area contributed by atoms with Crippen LogP contribution in [0.15, 0.2) is 23.1 Å². The minimum atomic E-state index is 0.0644. The van der Waals surface area contributed by atoms with Gasteiger partial charge in [0.05, 0.1) is 5.69 Å². The molecule has 1 amide bonds. The van der Waals surface area contributed by atoms with E-state index in [4.69, 9.17) is 0 Å². The Morgan fingerprint density at radius 3 is 2.57 bits per heavy atom. The van der Waals surface area contributed by atoms with E-state index < -0.39 is 0 Å². The second kappa shape index (κ2) is 4.51. The number of carbonyl (C=O) groups excluding carboxylic acids is 1. The van der Waals surface area contributed by atoms with Crippen LogP contribution in [0.25, 0.3) is 0 Å². The molecule has 0 fully saturated rings. The third kappa shape index (κ3) is 2.10. The molecule has 1 aromatic rings. The first kappa shape index (κ1) is 11.1. The van der Waals surface area contributed by atoms with Crippen LogP contribution in [0.3, 0.4) is 0 Å². The largest absolute Gasteiger partial charge is 0.314 e. The van der Waals surface area contributed by atoms with Gasteiger partial charge in [0.2, 0.25) is 5.91 Å². The summed E-state index contributed by atoms with van der Waals surface area (Å²) < 4.78 is 0. The number of aryl methyl sites for hydroxylation is 1. The number of carbonyl (C=O) groups is 1. The third-order valence-corrected chi connectivity index (χ3v) is 3.00. The van der Waals surface area contributed by atoms with Crippen molar-refractivity contribution in [3.8, 4) is 0 Å². The number of anilines is 1. The van der Waals surface area contributed by atoms with E-state index in [1.165, 1.54) is 0 Å². The molecule has 76 valence electrons. The third-order valence-electron chi connectivity index (χ3n) is 2.23. The molecule has 0 bridgehead atoms. The zero-order valence-electron chi connectivity index (χ0n) is 9.00. The maximum absolute atomic E-state index is 11.3. The molecule has 2 nitrogen and oxygen atoms in total. The molecule has 0 spiro atoms. The Kier molecular flexibility index (Phi) is 3.58. The average Bonchev–Trinajstić information content (AvgIpc) is 2.16. The Labute approximate surface area is 89.3 Å². The van der Waals surface area contributed by atoms with Crippen molar-refractivity contribution in [1.29, 1.82) is 0 Å². The first-order valence-corrected chi connectivity index (χ1v) is 5.68. The molecule has 0 unspecified atom stereocenters. The molecular weight excluding hydrogens is 194 g/mol. The molecule has 1 aromatic carbocycles. The van der Waals surface area contributed by atoms with Gasteiger partial charge >= 0.3 is 0 Å².